The number of piperidine rings is 3. The molecule has 5 heteroatoms. The van der Waals surface area contributed by atoms with Gasteiger partial charge in [0.05, 0.1) is 6.04 Å². The van der Waals surface area contributed by atoms with Crippen molar-refractivity contribution in [2.75, 3.05) is 24.5 Å². The van der Waals surface area contributed by atoms with Gasteiger partial charge in [0.15, 0.2) is 0 Å². The second kappa shape index (κ2) is 5.84. The lowest BCUT2D eigenvalue weighted by atomic mass is 9.75. The molecule has 4 aliphatic heterocycles. The molecule has 4 saturated heterocycles. The Labute approximate surface area is 149 Å². The lowest BCUT2D eigenvalue weighted by Gasteiger charge is -2.51. The average Bonchev–Trinajstić information content (AvgIpc) is 3.29. The summed E-state index contributed by atoms with van der Waals surface area (Å²) in [5.41, 5.74) is 1.44. The van der Waals surface area contributed by atoms with Crippen LogP contribution in [0.25, 0.3) is 0 Å². The first-order valence-corrected chi connectivity index (χ1v) is 9.61. The normalized spacial score (nSPS) is 33.9. The van der Waals surface area contributed by atoms with Gasteiger partial charge >= 0.3 is 0 Å². The Morgan fingerprint density at radius 2 is 1.84 bits per heavy atom. The van der Waals surface area contributed by atoms with Crippen molar-refractivity contribution < 1.29 is 4.52 Å². The van der Waals surface area contributed by atoms with Crippen molar-refractivity contribution in [2.24, 2.45) is 5.92 Å². The Morgan fingerprint density at radius 3 is 2.52 bits per heavy atom. The summed E-state index contributed by atoms with van der Waals surface area (Å²) in [5.74, 6) is 3.10. The number of fused-ring (bicyclic) bond motifs is 2. The molecular formula is C20H26N4O. The van der Waals surface area contributed by atoms with Crippen LogP contribution in [0.3, 0.4) is 0 Å². The molecule has 1 aromatic carbocycles. The van der Waals surface area contributed by atoms with Crippen molar-refractivity contribution >= 4 is 5.95 Å². The maximum atomic E-state index is 5.52. The van der Waals surface area contributed by atoms with Gasteiger partial charge in [0.25, 0.3) is 5.95 Å². The molecule has 4 aliphatic rings. The highest BCUT2D eigenvalue weighted by Gasteiger charge is 2.54. The van der Waals surface area contributed by atoms with Gasteiger partial charge in [0.1, 0.15) is 0 Å². The molecule has 5 nitrogen and oxygen atoms in total. The molecule has 5 heterocycles. The summed E-state index contributed by atoms with van der Waals surface area (Å²) in [6.07, 6.45) is 2.60. The fourth-order valence-electron chi connectivity index (χ4n) is 5.22. The molecular weight excluding hydrogens is 312 g/mol. The van der Waals surface area contributed by atoms with Gasteiger partial charge in [-0.1, -0.05) is 44.2 Å². The average molecular weight is 338 g/mol. The summed E-state index contributed by atoms with van der Waals surface area (Å²) in [4.78, 5) is 9.89. The molecule has 1 aromatic heterocycles. The van der Waals surface area contributed by atoms with Gasteiger partial charge in [-0.2, -0.15) is 4.98 Å². The number of rotatable bonds is 3. The zero-order valence-corrected chi connectivity index (χ0v) is 15.0. The first kappa shape index (κ1) is 15.4. The molecule has 0 spiro atoms. The second-order valence-corrected chi connectivity index (χ2v) is 8.11. The molecule has 2 bridgehead atoms. The third kappa shape index (κ3) is 2.40. The van der Waals surface area contributed by atoms with Crippen molar-refractivity contribution in [3.05, 3.63) is 41.8 Å². The van der Waals surface area contributed by atoms with Crippen LogP contribution >= 0.6 is 0 Å². The Balaban J connectivity index is 1.53. The zero-order valence-electron chi connectivity index (χ0n) is 15.0. The Bertz CT molecular complexity index is 735. The van der Waals surface area contributed by atoms with Crippen LogP contribution in [0, 0.1) is 5.92 Å². The van der Waals surface area contributed by atoms with Crippen LogP contribution < -0.4 is 4.90 Å². The molecule has 0 N–H and O–H groups in total. The molecule has 132 valence electrons. The van der Waals surface area contributed by atoms with E-state index in [0.717, 1.165) is 24.3 Å². The van der Waals surface area contributed by atoms with Gasteiger partial charge in [-0.25, -0.2) is 0 Å². The number of anilines is 1. The topological polar surface area (TPSA) is 45.4 Å². The van der Waals surface area contributed by atoms with Crippen LogP contribution in [-0.2, 0) is 0 Å². The molecule has 4 fully saturated rings. The minimum atomic E-state index is 0.274. The van der Waals surface area contributed by atoms with Gasteiger partial charge in [-0.15, -0.1) is 0 Å². The summed E-state index contributed by atoms with van der Waals surface area (Å²) < 4.78 is 5.52. The van der Waals surface area contributed by atoms with E-state index < -0.39 is 0 Å². The minimum Gasteiger partial charge on any atom is -0.337 e. The Morgan fingerprint density at radius 1 is 1.08 bits per heavy atom. The lowest BCUT2D eigenvalue weighted by molar-refractivity contribution is 0.0352. The molecule has 6 rings (SSSR count). The quantitative estimate of drug-likeness (QED) is 0.859. The van der Waals surface area contributed by atoms with Crippen LogP contribution in [0.5, 0.6) is 0 Å². The van der Waals surface area contributed by atoms with Crippen LogP contribution in [0.2, 0.25) is 0 Å². The van der Waals surface area contributed by atoms with Crippen molar-refractivity contribution in [3.8, 4) is 0 Å². The van der Waals surface area contributed by atoms with Crippen LogP contribution in [0.1, 0.15) is 50.0 Å². The predicted octanol–water partition coefficient (Wildman–Crippen LogP) is 3.26. The number of hydrogen-bond acceptors (Lipinski definition) is 5. The zero-order chi connectivity index (χ0) is 17.0. The Hall–Kier alpha value is -1.88. The van der Waals surface area contributed by atoms with E-state index in [1.54, 1.807) is 0 Å². The molecule has 2 aromatic rings. The van der Waals surface area contributed by atoms with Crippen LogP contribution in [0.15, 0.2) is 34.9 Å². The first-order chi connectivity index (χ1) is 12.2. The highest BCUT2D eigenvalue weighted by molar-refractivity contribution is 5.41. The van der Waals surface area contributed by atoms with Gasteiger partial charge < -0.3 is 9.42 Å². The predicted molar refractivity (Wildman–Crippen MR) is 96.8 cm³/mol. The van der Waals surface area contributed by atoms with Gasteiger partial charge in [-0.3, -0.25) is 4.90 Å². The number of hydrogen-bond donors (Lipinski definition) is 0. The van der Waals surface area contributed by atoms with E-state index in [-0.39, 0.29) is 5.92 Å². The summed E-state index contributed by atoms with van der Waals surface area (Å²) in [6, 6.07) is 12.1. The molecule has 0 aliphatic carbocycles. The van der Waals surface area contributed by atoms with Gasteiger partial charge in [0, 0.05) is 24.4 Å². The third-order valence-electron chi connectivity index (χ3n) is 6.40. The lowest BCUT2D eigenvalue weighted by Crippen LogP contribution is -2.60. The van der Waals surface area contributed by atoms with E-state index in [0.29, 0.717) is 18.0 Å². The van der Waals surface area contributed by atoms with Gasteiger partial charge in [-0.05, 0) is 42.6 Å². The van der Waals surface area contributed by atoms with Crippen molar-refractivity contribution in [3.63, 3.8) is 0 Å². The SMILES string of the molecule is CC(C)c1nc(N2C[C@@H](c3ccccc3)[C@@H]3[C@H]2C2CCN3CC2)no1. The molecule has 25 heavy (non-hydrogen) atoms. The van der Waals surface area contributed by atoms with Crippen molar-refractivity contribution in [1.29, 1.82) is 0 Å². The molecule has 0 saturated carbocycles. The Kier molecular flexibility index (Phi) is 3.59. The molecule has 3 atom stereocenters. The summed E-state index contributed by atoms with van der Waals surface area (Å²) >= 11 is 0. The summed E-state index contributed by atoms with van der Waals surface area (Å²) in [7, 11) is 0. The standard InChI is InChI=1S/C20H26N4O/c1-13(2)19-21-20(22-25-19)24-12-16(14-6-4-3-5-7-14)18-17(24)15-8-10-23(18)11-9-15/h3-7,13,15-18H,8-12H2,1-2H3/t16-,17+,18+/m0/s1. The van der Waals surface area contributed by atoms with E-state index in [1.807, 2.05) is 0 Å². The monoisotopic (exact) mass is 338 g/mol. The van der Waals surface area contributed by atoms with E-state index >= 15 is 0 Å². The minimum absolute atomic E-state index is 0.274. The second-order valence-electron chi connectivity index (χ2n) is 8.11. The van der Waals surface area contributed by atoms with Crippen LogP contribution in [-0.4, -0.2) is 46.8 Å². The highest BCUT2D eigenvalue weighted by Crippen LogP contribution is 2.47. The number of aromatic nitrogens is 2. The highest BCUT2D eigenvalue weighted by atomic mass is 16.5. The molecule has 0 radical (unpaired) electrons. The van der Waals surface area contributed by atoms with E-state index in [2.05, 4.69) is 59.1 Å². The third-order valence-corrected chi connectivity index (χ3v) is 6.40. The number of benzene rings is 1. The van der Waals surface area contributed by atoms with E-state index in [1.165, 1.54) is 31.5 Å². The van der Waals surface area contributed by atoms with Crippen molar-refractivity contribution in [2.45, 2.75) is 50.6 Å². The summed E-state index contributed by atoms with van der Waals surface area (Å²) in [5, 5.41) is 4.34. The molecule has 0 unspecified atom stereocenters. The fraction of sp³-hybridized carbons (Fsp3) is 0.600. The fourth-order valence-corrected chi connectivity index (χ4v) is 5.22. The van der Waals surface area contributed by atoms with E-state index in [4.69, 9.17) is 9.51 Å². The maximum Gasteiger partial charge on any atom is 0.266 e. The first-order valence-electron chi connectivity index (χ1n) is 9.61. The van der Waals surface area contributed by atoms with E-state index in [9.17, 15) is 0 Å². The van der Waals surface area contributed by atoms with Crippen LogP contribution in [0.4, 0.5) is 5.95 Å². The number of nitrogens with zero attached hydrogens (tertiary/aromatic N) is 4. The molecule has 0 amide bonds. The maximum absolute atomic E-state index is 5.52. The summed E-state index contributed by atoms with van der Waals surface area (Å²) in [6.45, 7) is 7.68. The van der Waals surface area contributed by atoms with Crippen molar-refractivity contribution in [1.82, 2.24) is 15.0 Å². The largest absolute Gasteiger partial charge is 0.337 e. The van der Waals surface area contributed by atoms with Gasteiger partial charge in [0.2, 0.25) is 5.89 Å². The smallest absolute Gasteiger partial charge is 0.266 e.